The standard InChI is InChI=1S/C6H4Br2FNO/c7-2-1-3(8)6(11)5(10)4(2)9/h1,11H,10H2. The molecular formula is C6H4Br2FNO. The number of hydrogen-bond acceptors (Lipinski definition) is 2. The van der Waals surface area contributed by atoms with Crippen molar-refractivity contribution in [3.8, 4) is 5.75 Å². The Hall–Kier alpha value is -0.290. The van der Waals surface area contributed by atoms with Crippen molar-refractivity contribution in [3.05, 3.63) is 20.8 Å². The maximum atomic E-state index is 12.8. The molecule has 0 unspecified atom stereocenters. The van der Waals surface area contributed by atoms with Gasteiger partial charge in [0.05, 0.1) is 8.95 Å². The summed E-state index contributed by atoms with van der Waals surface area (Å²) in [6.07, 6.45) is 0. The number of nitrogens with two attached hydrogens (primary N) is 1. The first-order valence-electron chi connectivity index (χ1n) is 2.66. The summed E-state index contributed by atoms with van der Waals surface area (Å²) in [4.78, 5) is 0. The van der Waals surface area contributed by atoms with Gasteiger partial charge >= 0.3 is 0 Å². The fraction of sp³-hybridized carbons (Fsp3) is 0. The molecule has 0 saturated carbocycles. The molecule has 0 aliphatic rings. The summed E-state index contributed by atoms with van der Waals surface area (Å²) in [5.74, 6) is -0.920. The summed E-state index contributed by atoms with van der Waals surface area (Å²) >= 11 is 5.94. The second-order valence-electron chi connectivity index (χ2n) is 1.92. The van der Waals surface area contributed by atoms with Crippen molar-refractivity contribution in [1.29, 1.82) is 0 Å². The minimum absolute atomic E-state index is 0.222. The maximum absolute atomic E-state index is 12.8. The zero-order chi connectivity index (χ0) is 8.59. The number of phenolic OH excluding ortho intramolecular Hbond substituents is 1. The molecule has 5 heteroatoms. The van der Waals surface area contributed by atoms with Gasteiger partial charge in [-0.05, 0) is 37.9 Å². The van der Waals surface area contributed by atoms with Crippen molar-refractivity contribution in [2.45, 2.75) is 0 Å². The number of benzene rings is 1. The fourth-order valence-electron chi connectivity index (χ4n) is 0.604. The lowest BCUT2D eigenvalue weighted by atomic mass is 10.3. The number of halogens is 3. The van der Waals surface area contributed by atoms with Crippen LogP contribution in [0.3, 0.4) is 0 Å². The van der Waals surface area contributed by atoms with Gasteiger partial charge in [-0.25, -0.2) is 4.39 Å². The molecule has 0 aliphatic heterocycles. The lowest BCUT2D eigenvalue weighted by Crippen LogP contribution is -1.92. The van der Waals surface area contributed by atoms with E-state index in [1.807, 2.05) is 0 Å². The Balaban J connectivity index is 3.46. The Morgan fingerprint density at radius 3 is 2.45 bits per heavy atom. The zero-order valence-corrected chi connectivity index (χ0v) is 8.41. The van der Waals surface area contributed by atoms with Crippen LogP contribution in [0, 0.1) is 5.82 Å². The molecule has 3 N–H and O–H groups in total. The highest BCUT2D eigenvalue weighted by molar-refractivity contribution is 9.11. The smallest absolute Gasteiger partial charge is 0.164 e. The van der Waals surface area contributed by atoms with E-state index in [-0.39, 0.29) is 15.9 Å². The molecule has 0 fully saturated rings. The number of anilines is 1. The molecule has 0 aromatic heterocycles. The molecule has 0 heterocycles. The van der Waals surface area contributed by atoms with Crippen LogP contribution in [0.4, 0.5) is 10.1 Å². The first-order chi connectivity index (χ1) is 5.04. The molecule has 0 saturated heterocycles. The molecule has 0 aliphatic carbocycles. The summed E-state index contributed by atoms with van der Waals surface area (Å²) in [5, 5.41) is 9.08. The molecule has 0 atom stereocenters. The Kier molecular flexibility index (Phi) is 2.39. The van der Waals surface area contributed by atoms with Crippen molar-refractivity contribution in [2.75, 3.05) is 5.73 Å². The zero-order valence-electron chi connectivity index (χ0n) is 5.24. The molecule has 1 aromatic rings. The summed E-state index contributed by atoms with van der Waals surface area (Å²) in [5.41, 5.74) is 4.94. The summed E-state index contributed by atoms with van der Waals surface area (Å²) in [7, 11) is 0. The highest BCUT2D eigenvalue weighted by Crippen LogP contribution is 2.36. The van der Waals surface area contributed by atoms with Crippen molar-refractivity contribution in [3.63, 3.8) is 0 Å². The second kappa shape index (κ2) is 2.98. The van der Waals surface area contributed by atoms with Crippen LogP contribution in [0.2, 0.25) is 0 Å². The van der Waals surface area contributed by atoms with Gasteiger partial charge in [-0.1, -0.05) is 0 Å². The number of hydrogen-bond donors (Lipinski definition) is 2. The Labute approximate surface area is 79.5 Å². The van der Waals surface area contributed by atoms with E-state index in [1.54, 1.807) is 0 Å². The van der Waals surface area contributed by atoms with Gasteiger partial charge in [-0.2, -0.15) is 0 Å². The number of phenols is 1. The van der Waals surface area contributed by atoms with Crippen LogP contribution in [0.25, 0.3) is 0 Å². The largest absolute Gasteiger partial charge is 0.505 e. The Morgan fingerprint density at radius 1 is 1.36 bits per heavy atom. The molecule has 0 radical (unpaired) electrons. The number of aromatic hydroxyl groups is 1. The summed E-state index contributed by atoms with van der Waals surface area (Å²) < 4.78 is 13.4. The Morgan fingerprint density at radius 2 is 1.91 bits per heavy atom. The van der Waals surface area contributed by atoms with Crippen molar-refractivity contribution in [2.24, 2.45) is 0 Å². The van der Waals surface area contributed by atoms with Crippen LogP contribution < -0.4 is 5.73 Å². The molecule has 0 bridgehead atoms. The predicted octanol–water partition coefficient (Wildman–Crippen LogP) is 2.64. The summed E-state index contributed by atoms with van der Waals surface area (Å²) in [6, 6.07) is 1.39. The summed E-state index contributed by atoms with van der Waals surface area (Å²) in [6.45, 7) is 0. The van der Waals surface area contributed by atoms with E-state index >= 15 is 0 Å². The van der Waals surface area contributed by atoms with Crippen LogP contribution in [-0.4, -0.2) is 5.11 Å². The topological polar surface area (TPSA) is 46.2 Å². The SMILES string of the molecule is Nc1c(O)c(Br)cc(Br)c1F. The van der Waals surface area contributed by atoms with Crippen molar-refractivity contribution in [1.82, 2.24) is 0 Å². The van der Waals surface area contributed by atoms with Gasteiger partial charge in [0.2, 0.25) is 0 Å². The van der Waals surface area contributed by atoms with E-state index in [0.29, 0.717) is 4.47 Å². The molecule has 0 spiro atoms. The third-order valence-corrected chi connectivity index (χ3v) is 2.36. The highest BCUT2D eigenvalue weighted by atomic mass is 79.9. The van der Waals surface area contributed by atoms with Gasteiger partial charge in [-0.3, -0.25) is 0 Å². The third-order valence-electron chi connectivity index (χ3n) is 1.18. The molecule has 60 valence electrons. The fourth-order valence-corrected chi connectivity index (χ4v) is 1.80. The van der Waals surface area contributed by atoms with Crippen LogP contribution >= 0.6 is 31.9 Å². The van der Waals surface area contributed by atoms with Crippen LogP contribution in [-0.2, 0) is 0 Å². The van der Waals surface area contributed by atoms with Gasteiger partial charge in [0.1, 0.15) is 5.69 Å². The van der Waals surface area contributed by atoms with Crippen LogP contribution in [0.15, 0.2) is 15.0 Å². The van der Waals surface area contributed by atoms with Gasteiger partial charge in [0.25, 0.3) is 0 Å². The van der Waals surface area contributed by atoms with E-state index in [4.69, 9.17) is 10.8 Å². The lowest BCUT2D eigenvalue weighted by molar-refractivity contribution is 0.469. The van der Waals surface area contributed by atoms with E-state index in [0.717, 1.165) is 0 Å². The number of rotatable bonds is 0. The van der Waals surface area contributed by atoms with Crippen molar-refractivity contribution >= 4 is 37.5 Å². The highest BCUT2D eigenvalue weighted by Gasteiger charge is 2.11. The lowest BCUT2D eigenvalue weighted by Gasteiger charge is -2.03. The van der Waals surface area contributed by atoms with Crippen molar-refractivity contribution < 1.29 is 9.50 Å². The number of nitrogen functional groups attached to an aromatic ring is 1. The van der Waals surface area contributed by atoms with E-state index < -0.39 is 5.82 Å². The molecule has 0 amide bonds. The second-order valence-corrected chi connectivity index (χ2v) is 3.63. The maximum Gasteiger partial charge on any atom is 0.164 e. The quantitative estimate of drug-likeness (QED) is 0.437. The van der Waals surface area contributed by atoms with Gasteiger partial charge < -0.3 is 10.8 Å². The van der Waals surface area contributed by atoms with E-state index in [2.05, 4.69) is 31.9 Å². The average Bonchev–Trinajstić information content (AvgIpc) is 1.97. The monoisotopic (exact) mass is 283 g/mol. The third kappa shape index (κ3) is 1.49. The normalized spacial score (nSPS) is 10.1. The van der Waals surface area contributed by atoms with Crippen LogP contribution in [0.1, 0.15) is 0 Å². The minimum atomic E-state index is -0.647. The Bertz CT molecular complexity index is 277. The first-order valence-corrected chi connectivity index (χ1v) is 4.24. The average molecular weight is 285 g/mol. The molecule has 1 rings (SSSR count). The molecular weight excluding hydrogens is 281 g/mol. The molecule has 1 aromatic carbocycles. The predicted molar refractivity (Wildman–Crippen MR) is 47.9 cm³/mol. The van der Waals surface area contributed by atoms with E-state index in [1.165, 1.54) is 6.07 Å². The first kappa shape index (κ1) is 8.80. The van der Waals surface area contributed by atoms with Gasteiger partial charge in [0.15, 0.2) is 11.6 Å². The van der Waals surface area contributed by atoms with Gasteiger partial charge in [0, 0.05) is 0 Å². The minimum Gasteiger partial charge on any atom is -0.505 e. The molecule has 11 heavy (non-hydrogen) atoms. The molecule has 2 nitrogen and oxygen atoms in total. The van der Waals surface area contributed by atoms with E-state index in [9.17, 15) is 4.39 Å². The van der Waals surface area contributed by atoms with Crippen LogP contribution in [0.5, 0.6) is 5.75 Å². The van der Waals surface area contributed by atoms with Gasteiger partial charge in [-0.15, -0.1) is 0 Å².